The summed E-state index contributed by atoms with van der Waals surface area (Å²) >= 11 is 0. The second-order valence-electron chi connectivity index (χ2n) is 8.31. The van der Waals surface area contributed by atoms with Crippen LogP contribution < -0.4 is 5.32 Å². The zero-order chi connectivity index (χ0) is 20.6. The molecule has 4 rings (SSSR count). The Hall–Kier alpha value is -2.92. The molecule has 0 bridgehead atoms. The van der Waals surface area contributed by atoms with E-state index >= 15 is 0 Å². The van der Waals surface area contributed by atoms with Gasteiger partial charge in [-0.15, -0.1) is 0 Å². The zero-order valence-corrected chi connectivity index (χ0v) is 17.5. The normalized spacial score (nSPS) is 19.6. The van der Waals surface area contributed by atoms with E-state index in [0.717, 1.165) is 28.5 Å². The number of H-pyrrole nitrogens is 1. The van der Waals surface area contributed by atoms with E-state index in [1.54, 1.807) is 0 Å². The Morgan fingerprint density at radius 2 is 1.97 bits per heavy atom. The molecular weight excluding hydrogens is 360 g/mol. The average Bonchev–Trinajstić information content (AvgIpc) is 3.05. The summed E-state index contributed by atoms with van der Waals surface area (Å²) in [6, 6.07) is 16.8. The molecular formula is C24H28N4O. The highest BCUT2D eigenvalue weighted by Crippen LogP contribution is 2.53. The number of aromatic nitrogens is 2. The highest BCUT2D eigenvalue weighted by Gasteiger charge is 2.51. The Bertz CT molecular complexity index is 1070. The Balaban J connectivity index is 1.41. The minimum absolute atomic E-state index is 0.0472. The molecule has 2 aromatic carbocycles. The number of benzene rings is 2. The van der Waals surface area contributed by atoms with E-state index in [1.807, 2.05) is 24.4 Å². The van der Waals surface area contributed by atoms with Crippen molar-refractivity contribution in [3.05, 3.63) is 77.0 Å². The predicted octanol–water partition coefficient (Wildman–Crippen LogP) is 3.44. The second kappa shape index (κ2) is 7.48. The van der Waals surface area contributed by atoms with Crippen molar-refractivity contribution in [3.8, 4) is 0 Å². The minimum atomic E-state index is -0.231. The Morgan fingerprint density at radius 3 is 2.69 bits per heavy atom. The molecule has 1 aromatic heterocycles. The van der Waals surface area contributed by atoms with E-state index in [9.17, 15) is 4.79 Å². The first-order chi connectivity index (χ1) is 13.9. The van der Waals surface area contributed by atoms with Crippen molar-refractivity contribution in [2.75, 3.05) is 20.6 Å². The van der Waals surface area contributed by atoms with Gasteiger partial charge in [0.15, 0.2) is 0 Å². The summed E-state index contributed by atoms with van der Waals surface area (Å²) in [5.74, 6) is 0.0472. The molecule has 0 saturated heterocycles. The number of hydrogen-bond acceptors (Lipinski definition) is 3. The van der Waals surface area contributed by atoms with Crippen LogP contribution in [0.1, 0.15) is 25.0 Å². The number of fused-ring (bicyclic) bond motifs is 1. The molecule has 0 radical (unpaired) electrons. The zero-order valence-electron chi connectivity index (χ0n) is 17.5. The van der Waals surface area contributed by atoms with E-state index in [1.165, 1.54) is 11.1 Å². The first-order valence-electron chi connectivity index (χ1n) is 10.0. The number of nitrogens with one attached hydrogen (secondary N) is 2. The monoisotopic (exact) mass is 388 g/mol. The first-order valence-corrected chi connectivity index (χ1v) is 10.0. The minimum Gasteiger partial charge on any atom is -0.351 e. The van der Waals surface area contributed by atoms with Crippen molar-refractivity contribution in [3.63, 3.8) is 0 Å². The molecule has 0 saturated carbocycles. The van der Waals surface area contributed by atoms with Gasteiger partial charge in [0.25, 0.3) is 0 Å². The van der Waals surface area contributed by atoms with Crippen LogP contribution in [0.15, 0.2) is 65.9 Å². The molecule has 5 heteroatoms. The molecule has 3 aromatic rings. The van der Waals surface area contributed by atoms with Crippen LogP contribution in [0.5, 0.6) is 0 Å². The molecule has 0 spiro atoms. The lowest BCUT2D eigenvalue weighted by Gasteiger charge is -2.25. The largest absolute Gasteiger partial charge is 0.351 e. The van der Waals surface area contributed by atoms with E-state index in [-0.39, 0.29) is 17.4 Å². The summed E-state index contributed by atoms with van der Waals surface area (Å²) < 4.78 is 0. The Kier molecular flexibility index (Phi) is 5.01. The van der Waals surface area contributed by atoms with Crippen LogP contribution in [0.25, 0.3) is 10.9 Å². The van der Waals surface area contributed by atoms with Crippen LogP contribution >= 0.6 is 0 Å². The summed E-state index contributed by atoms with van der Waals surface area (Å²) in [6.45, 7) is 4.80. The smallest absolute Gasteiger partial charge is 0.248 e. The summed E-state index contributed by atoms with van der Waals surface area (Å²) in [7, 11) is 4.12. The van der Waals surface area contributed by atoms with Gasteiger partial charge in [-0.05, 0) is 63.2 Å². The molecule has 0 unspecified atom stereocenters. The average molecular weight is 389 g/mol. The van der Waals surface area contributed by atoms with E-state index in [4.69, 9.17) is 0 Å². The number of carbonyl (C=O) groups is 1. The van der Waals surface area contributed by atoms with Gasteiger partial charge < -0.3 is 10.2 Å². The van der Waals surface area contributed by atoms with Gasteiger partial charge in [0.05, 0.1) is 11.7 Å². The summed E-state index contributed by atoms with van der Waals surface area (Å²) in [5.41, 5.74) is 5.29. The second-order valence-corrected chi connectivity index (χ2v) is 8.31. The molecule has 150 valence electrons. The molecule has 2 atom stereocenters. The van der Waals surface area contributed by atoms with Crippen molar-refractivity contribution in [2.24, 2.45) is 0 Å². The maximum Gasteiger partial charge on any atom is 0.248 e. The van der Waals surface area contributed by atoms with Crippen LogP contribution in [0.2, 0.25) is 0 Å². The number of nitrogens with zero attached hydrogens (tertiary/aromatic N) is 2. The van der Waals surface area contributed by atoms with Gasteiger partial charge in [0.1, 0.15) is 0 Å². The third-order valence-electron chi connectivity index (χ3n) is 6.35. The van der Waals surface area contributed by atoms with Crippen LogP contribution in [0.3, 0.4) is 0 Å². The molecule has 5 nitrogen and oxygen atoms in total. The maximum absolute atomic E-state index is 12.9. The summed E-state index contributed by atoms with van der Waals surface area (Å²) in [5, 5.41) is 11.4. The van der Waals surface area contributed by atoms with Crippen LogP contribution in [-0.2, 0) is 16.6 Å². The number of amides is 1. The molecule has 1 heterocycles. The van der Waals surface area contributed by atoms with E-state index in [2.05, 4.69) is 78.7 Å². The van der Waals surface area contributed by atoms with E-state index in [0.29, 0.717) is 6.54 Å². The number of likely N-dealkylation sites (N-methyl/N-ethyl adjacent to an activating group) is 1. The van der Waals surface area contributed by atoms with Crippen molar-refractivity contribution in [1.82, 2.24) is 20.4 Å². The lowest BCUT2D eigenvalue weighted by atomic mass is 9.90. The molecule has 1 aliphatic carbocycles. The highest BCUT2D eigenvalue weighted by atomic mass is 16.1. The van der Waals surface area contributed by atoms with E-state index < -0.39 is 0 Å². The summed E-state index contributed by atoms with van der Waals surface area (Å²) in [6.07, 6.45) is 2.71. The third kappa shape index (κ3) is 3.58. The topological polar surface area (TPSA) is 61.0 Å². The molecule has 1 aliphatic rings. The predicted molar refractivity (Wildman–Crippen MR) is 117 cm³/mol. The van der Waals surface area contributed by atoms with Crippen molar-refractivity contribution in [1.29, 1.82) is 0 Å². The first kappa shape index (κ1) is 19.4. The number of allylic oxidation sites excluding steroid dienone is 1. The van der Waals surface area contributed by atoms with Gasteiger partial charge in [0, 0.05) is 29.0 Å². The fraction of sp³-hybridized carbons (Fsp3) is 0.333. The molecule has 0 aliphatic heterocycles. The standard InChI is InChI=1S/C24H28N4O/c1-16-22(24(16,2)19-8-6-5-7-9-19)23(29)25-15-20(28(3)4)13-17-10-11-21-18(12-17)14-26-27-21/h5-12,14,20H,13,15H2,1-4H3,(H,25,29)(H,26,27)/t20-,24+/m0/s1. The van der Waals surface area contributed by atoms with Gasteiger partial charge >= 0.3 is 0 Å². The van der Waals surface area contributed by atoms with Gasteiger partial charge in [-0.3, -0.25) is 9.89 Å². The fourth-order valence-corrected chi connectivity index (χ4v) is 4.19. The Morgan fingerprint density at radius 1 is 1.21 bits per heavy atom. The lowest BCUT2D eigenvalue weighted by molar-refractivity contribution is -0.117. The Labute approximate surface area is 171 Å². The van der Waals surface area contributed by atoms with Gasteiger partial charge in [-0.1, -0.05) is 36.4 Å². The SMILES string of the molecule is CC1=C(C(=O)NC[C@H](Cc2ccc3[nH]ncc3c2)N(C)C)[C@@]1(C)c1ccccc1. The summed E-state index contributed by atoms with van der Waals surface area (Å²) in [4.78, 5) is 15.1. The maximum atomic E-state index is 12.9. The quantitative estimate of drug-likeness (QED) is 0.652. The van der Waals surface area contributed by atoms with Crippen molar-refractivity contribution < 1.29 is 4.79 Å². The number of rotatable bonds is 7. The molecule has 0 fully saturated rings. The van der Waals surface area contributed by atoms with Crippen molar-refractivity contribution in [2.45, 2.75) is 31.7 Å². The lowest BCUT2D eigenvalue weighted by Crippen LogP contribution is -2.42. The number of hydrogen-bond donors (Lipinski definition) is 2. The van der Waals surface area contributed by atoms with Crippen LogP contribution in [0.4, 0.5) is 0 Å². The molecule has 1 amide bonds. The number of aromatic amines is 1. The van der Waals surface area contributed by atoms with Gasteiger partial charge in [-0.2, -0.15) is 5.10 Å². The molecule has 29 heavy (non-hydrogen) atoms. The van der Waals surface area contributed by atoms with Gasteiger partial charge in [0.2, 0.25) is 5.91 Å². The fourth-order valence-electron chi connectivity index (χ4n) is 4.19. The molecule has 2 N–H and O–H groups in total. The van der Waals surface area contributed by atoms with Gasteiger partial charge in [-0.25, -0.2) is 0 Å². The van der Waals surface area contributed by atoms with Crippen molar-refractivity contribution >= 4 is 16.8 Å². The third-order valence-corrected chi connectivity index (χ3v) is 6.35. The van der Waals surface area contributed by atoms with Crippen LogP contribution in [-0.4, -0.2) is 47.7 Å². The number of carbonyl (C=O) groups excluding carboxylic acids is 1. The van der Waals surface area contributed by atoms with Crippen LogP contribution in [0, 0.1) is 0 Å². The highest BCUT2D eigenvalue weighted by molar-refractivity contribution is 6.04.